The van der Waals surface area contributed by atoms with Gasteiger partial charge in [0.2, 0.25) is 0 Å². The van der Waals surface area contributed by atoms with E-state index in [0.29, 0.717) is 16.8 Å². The first-order valence-electron chi connectivity index (χ1n) is 7.82. The first kappa shape index (κ1) is 16.7. The lowest BCUT2D eigenvalue weighted by molar-refractivity contribution is 0.102. The van der Waals surface area contributed by atoms with E-state index in [-0.39, 0.29) is 5.91 Å². The molecule has 4 heteroatoms. The number of carbonyl (C=O) groups is 2. The fourth-order valence-electron chi connectivity index (χ4n) is 2.36. The van der Waals surface area contributed by atoms with E-state index in [1.54, 1.807) is 24.3 Å². The standard InChI is InChI=1S/C19H22N2O2/c1-3-4-13-21(2)18-8-6-5-7-17(18)19(23)20-16-11-9-15(14-22)10-12-16/h5-12,14H,3-4,13H2,1-2H3,(H,20,23). The van der Waals surface area contributed by atoms with E-state index in [4.69, 9.17) is 0 Å². The summed E-state index contributed by atoms with van der Waals surface area (Å²) in [6, 6.07) is 14.4. The number of para-hydroxylation sites is 1. The van der Waals surface area contributed by atoms with E-state index in [0.717, 1.165) is 31.4 Å². The fraction of sp³-hybridized carbons (Fsp3) is 0.263. The summed E-state index contributed by atoms with van der Waals surface area (Å²) >= 11 is 0. The Bertz CT molecular complexity index is 665. The lowest BCUT2D eigenvalue weighted by Crippen LogP contribution is -2.23. The molecule has 0 saturated carbocycles. The van der Waals surface area contributed by atoms with Crippen molar-refractivity contribution < 1.29 is 9.59 Å². The Kier molecular flexibility index (Phi) is 5.92. The minimum absolute atomic E-state index is 0.150. The molecule has 4 nitrogen and oxygen atoms in total. The molecule has 2 aromatic carbocycles. The highest BCUT2D eigenvalue weighted by Crippen LogP contribution is 2.21. The van der Waals surface area contributed by atoms with Gasteiger partial charge in [-0.25, -0.2) is 0 Å². The zero-order valence-corrected chi connectivity index (χ0v) is 13.6. The number of amides is 1. The van der Waals surface area contributed by atoms with Crippen LogP contribution >= 0.6 is 0 Å². The summed E-state index contributed by atoms with van der Waals surface area (Å²) < 4.78 is 0. The topological polar surface area (TPSA) is 49.4 Å². The van der Waals surface area contributed by atoms with Crippen LogP contribution in [0, 0.1) is 0 Å². The lowest BCUT2D eigenvalue weighted by Gasteiger charge is -2.22. The molecule has 0 unspecified atom stereocenters. The first-order valence-corrected chi connectivity index (χ1v) is 7.82. The molecule has 2 rings (SSSR count). The molecule has 1 N–H and O–H groups in total. The van der Waals surface area contributed by atoms with E-state index in [1.807, 2.05) is 31.3 Å². The van der Waals surface area contributed by atoms with E-state index in [9.17, 15) is 9.59 Å². The van der Waals surface area contributed by atoms with Crippen LogP contribution in [0.1, 0.15) is 40.5 Å². The quantitative estimate of drug-likeness (QED) is 0.787. The van der Waals surface area contributed by atoms with Gasteiger partial charge in [-0.15, -0.1) is 0 Å². The van der Waals surface area contributed by atoms with Gasteiger partial charge in [0.1, 0.15) is 6.29 Å². The van der Waals surface area contributed by atoms with Crippen molar-refractivity contribution in [2.75, 3.05) is 23.8 Å². The fourth-order valence-corrected chi connectivity index (χ4v) is 2.36. The van der Waals surface area contributed by atoms with Crippen LogP contribution in [0.15, 0.2) is 48.5 Å². The second kappa shape index (κ2) is 8.13. The summed E-state index contributed by atoms with van der Waals surface area (Å²) in [5.41, 5.74) is 2.82. The van der Waals surface area contributed by atoms with Crippen molar-refractivity contribution in [3.05, 3.63) is 59.7 Å². The summed E-state index contributed by atoms with van der Waals surface area (Å²) in [6.07, 6.45) is 2.98. The van der Waals surface area contributed by atoms with E-state index < -0.39 is 0 Å². The Morgan fingerprint density at radius 2 is 1.83 bits per heavy atom. The largest absolute Gasteiger partial charge is 0.374 e. The number of aldehydes is 1. The summed E-state index contributed by atoms with van der Waals surface area (Å²) in [5, 5.41) is 2.88. The van der Waals surface area contributed by atoms with Crippen LogP contribution in [0.4, 0.5) is 11.4 Å². The van der Waals surface area contributed by atoms with E-state index >= 15 is 0 Å². The highest BCUT2D eigenvalue weighted by molar-refractivity contribution is 6.08. The highest BCUT2D eigenvalue weighted by atomic mass is 16.1. The van der Waals surface area contributed by atoms with Crippen molar-refractivity contribution in [3.8, 4) is 0 Å². The second-order valence-corrected chi connectivity index (χ2v) is 5.49. The molecule has 0 heterocycles. The minimum atomic E-state index is -0.150. The Morgan fingerprint density at radius 1 is 1.13 bits per heavy atom. The van der Waals surface area contributed by atoms with Gasteiger partial charge < -0.3 is 10.2 Å². The maximum Gasteiger partial charge on any atom is 0.257 e. The van der Waals surface area contributed by atoms with E-state index in [1.165, 1.54) is 0 Å². The van der Waals surface area contributed by atoms with Gasteiger partial charge in [-0.2, -0.15) is 0 Å². The van der Waals surface area contributed by atoms with Crippen LogP contribution < -0.4 is 10.2 Å². The number of unbranched alkanes of at least 4 members (excludes halogenated alkanes) is 1. The van der Waals surface area contributed by atoms with Crippen LogP contribution in [0.2, 0.25) is 0 Å². The molecule has 120 valence electrons. The van der Waals surface area contributed by atoms with E-state index in [2.05, 4.69) is 17.1 Å². The van der Waals surface area contributed by atoms with Crippen molar-refractivity contribution in [2.24, 2.45) is 0 Å². The Hall–Kier alpha value is -2.62. The van der Waals surface area contributed by atoms with Crippen LogP contribution in [0.3, 0.4) is 0 Å². The van der Waals surface area contributed by atoms with Crippen molar-refractivity contribution in [1.82, 2.24) is 0 Å². The maximum atomic E-state index is 12.6. The third kappa shape index (κ3) is 4.42. The molecule has 0 atom stereocenters. The van der Waals surface area contributed by atoms with Gasteiger partial charge in [0.05, 0.1) is 5.56 Å². The molecular formula is C19H22N2O2. The van der Waals surface area contributed by atoms with Gasteiger partial charge in [-0.1, -0.05) is 25.5 Å². The molecule has 0 aliphatic carbocycles. The van der Waals surface area contributed by atoms with Gasteiger partial charge in [0.25, 0.3) is 5.91 Å². The van der Waals surface area contributed by atoms with Gasteiger partial charge in [-0.3, -0.25) is 9.59 Å². The monoisotopic (exact) mass is 310 g/mol. The van der Waals surface area contributed by atoms with Crippen molar-refractivity contribution >= 4 is 23.6 Å². The summed E-state index contributed by atoms with van der Waals surface area (Å²) in [6.45, 7) is 3.06. The maximum absolute atomic E-state index is 12.6. The predicted octanol–water partition coefficient (Wildman–Crippen LogP) is 3.99. The smallest absolute Gasteiger partial charge is 0.257 e. The first-order chi connectivity index (χ1) is 11.2. The zero-order valence-electron chi connectivity index (χ0n) is 13.6. The van der Waals surface area contributed by atoms with Crippen molar-refractivity contribution in [3.63, 3.8) is 0 Å². The molecule has 1 amide bonds. The molecule has 0 bridgehead atoms. The predicted molar refractivity (Wildman–Crippen MR) is 94.4 cm³/mol. The Balaban J connectivity index is 2.16. The molecule has 0 spiro atoms. The van der Waals surface area contributed by atoms with Crippen LogP contribution in [-0.2, 0) is 0 Å². The number of rotatable bonds is 7. The Morgan fingerprint density at radius 3 is 2.48 bits per heavy atom. The number of nitrogens with one attached hydrogen (secondary N) is 1. The normalized spacial score (nSPS) is 10.2. The summed E-state index contributed by atoms with van der Waals surface area (Å²) in [7, 11) is 2.00. The summed E-state index contributed by atoms with van der Waals surface area (Å²) in [4.78, 5) is 25.3. The van der Waals surface area contributed by atoms with Crippen LogP contribution in [0.25, 0.3) is 0 Å². The molecule has 0 fully saturated rings. The SMILES string of the molecule is CCCCN(C)c1ccccc1C(=O)Nc1ccc(C=O)cc1. The third-order valence-electron chi connectivity index (χ3n) is 3.71. The average molecular weight is 310 g/mol. The number of hydrogen-bond donors (Lipinski definition) is 1. The minimum Gasteiger partial charge on any atom is -0.374 e. The molecular weight excluding hydrogens is 288 g/mol. The van der Waals surface area contributed by atoms with Crippen molar-refractivity contribution in [2.45, 2.75) is 19.8 Å². The second-order valence-electron chi connectivity index (χ2n) is 5.49. The van der Waals surface area contributed by atoms with Gasteiger partial charge in [-0.05, 0) is 42.8 Å². The molecule has 23 heavy (non-hydrogen) atoms. The number of anilines is 2. The average Bonchev–Trinajstić information content (AvgIpc) is 2.60. The molecule has 0 saturated heterocycles. The lowest BCUT2D eigenvalue weighted by atomic mass is 10.1. The van der Waals surface area contributed by atoms with Crippen LogP contribution in [0.5, 0.6) is 0 Å². The molecule has 0 radical (unpaired) electrons. The number of benzene rings is 2. The van der Waals surface area contributed by atoms with Gasteiger partial charge in [0.15, 0.2) is 0 Å². The molecule has 0 aliphatic rings. The van der Waals surface area contributed by atoms with Crippen molar-refractivity contribution in [1.29, 1.82) is 0 Å². The number of carbonyl (C=O) groups excluding carboxylic acids is 2. The number of hydrogen-bond acceptors (Lipinski definition) is 3. The van der Waals surface area contributed by atoms with Gasteiger partial charge >= 0.3 is 0 Å². The highest BCUT2D eigenvalue weighted by Gasteiger charge is 2.13. The van der Waals surface area contributed by atoms with Crippen LogP contribution in [-0.4, -0.2) is 25.8 Å². The zero-order chi connectivity index (χ0) is 16.7. The van der Waals surface area contributed by atoms with Gasteiger partial charge in [0, 0.05) is 30.5 Å². The molecule has 0 aliphatic heterocycles. The summed E-state index contributed by atoms with van der Waals surface area (Å²) in [5.74, 6) is -0.150. The molecule has 0 aromatic heterocycles. The Labute approximate surface area is 137 Å². The number of nitrogens with zero attached hydrogens (tertiary/aromatic N) is 1. The third-order valence-corrected chi connectivity index (χ3v) is 3.71. The molecule has 2 aromatic rings.